The Kier molecular flexibility index (Phi) is 4.92. The molecule has 0 radical (unpaired) electrons. The zero-order valence-electron chi connectivity index (χ0n) is 15.5. The second-order valence-corrected chi connectivity index (χ2v) is 9.09. The normalized spacial score (nSPS) is 17.2. The molecular weight excluding hydrogens is 374 g/mol. The van der Waals surface area contributed by atoms with Gasteiger partial charge in [-0.1, -0.05) is 6.07 Å². The number of aryl methyl sites for hydroxylation is 1. The fraction of sp³-hybridized carbons (Fsp3) is 0.333. The van der Waals surface area contributed by atoms with Crippen molar-refractivity contribution in [2.24, 2.45) is 0 Å². The Morgan fingerprint density at radius 2 is 1.79 bits per heavy atom. The molecule has 2 aromatic carbocycles. The largest absolute Gasteiger partial charge is 0.308 e. The van der Waals surface area contributed by atoms with Gasteiger partial charge in [0, 0.05) is 30.9 Å². The molecule has 0 unspecified atom stereocenters. The predicted octanol–water partition coefficient (Wildman–Crippen LogP) is 2.94. The SMILES string of the molecule is N#Cc1cccc(C(=O)N2CCCc3cc(S(=O)(=O)N4CCCC4)ccc32)c1. The highest BCUT2D eigenvalue weighted by atomic mass is 32.2. The summed E-state index contributed by atoms with van der Waals surface area (Å²) in [7, 11) is -3.48. The summed E-state index contributed by atoms with van der Waals surface area (Å²) in [6, 6.07) is 13.8. The Morgan fingerprint density at radius 3 is 2.54 bits per heavy atom. The van der Waals surface area contributed by atoms with Crippen LogP contribution in [0.4, 0.5) is 5.69 Å². The van der Waals surface area contributed by atoms with Gasteiger partial charge in [-0.15, -0.1) is 0 Å². The molecule has 1 saturated heterocycles. The minimum absolute atomic E-state index is 0.173. The van der Waals surface area contributed by atoms with Gasteiger partial charge < -0.3 is 4.90 Å². The lowest BCUT2D eigenvalue weighted by atomic mass is 10.0. The molecule has 0 N–H and O–H groups in total. The molecule has 0 saturated carbocycles. The summed E-state index contributed by atoms with van der Waals surface area (Å²) in [4.78, 5) is 15.0. The Morgan fingerprint density at radius 1 is 1.00 bits per heavy atom. The van der Waals surface area contributed by atoms with Crippen LogP contribution in [0.3, 0.4) is 0 Å². The molecule has 0 spiro atoms. The van der Waals surface area contributed by atoms with Gasteiger partial charge in [-0.05, 0) is 67.6 Å². The van der Waals surface area contributed by atoms with Crippen LogP contribution < -0.4 is 4.90 Å². The first-order valence-corrected chi connectivity index (χ1v) is 10.9. The zero-order chi connectivity index (χ0) is 19.7. The summed E-state index contributed by atoms with van der Waals surface area (Å²) in [5, 5.41) is 9.07. The van der Waals surface area contributed by atoms with Gasteiger partial charge in [0.1, 0.15) is 0 Å². The topological polar surface area (TPSA) is 81.5 Å². The fourth-order valence-electron chi connectivity index (χ4n) is 3.90. The van der Waals surface area contributed by atoms with Gasteiger partial charge in [-0.25, -0.2) is 8.42 Å². The van der Waals surface area contributed by atoms with E-state index in [1.807, 2.05) is 0 Å². The summed E-state index contributed by atoms with van der Waals surface area (Å²) in [6.07, 6.45) is 3.30. The van der Waals surface area contributed by atoms with Gasteiger partial charge in [-0.3, -0.25) is 4.79 Å². The van der Waals surface area contributed by atoms with Crippen molar-refractivity contribution in [3.05, 3.63) is 59.2 Å². The smallest absolute Gasteiger partial charge is 0.258 e. The van der Waals surface area contributed by atoms with E-state index >= 15 is 0 Å². The third kappa shape index (κ3) is 3.30. The highest BCUT2D eigenvalue weighted by Gasteiger charge is 2.30. The van der Waals surface area contributed by atoms with E-state index < -0.39 is 10.0 Å². The van der Waals surface area contributed by atoms with Gasteiger partial charge in [0.15, 0.2) is 0 Å². The Bertz CT molecular complexity index is 1070. The van der Waals surface area contributed by atoms with Crippen LogP contribution >= 0.6 is 0 Å². The molecule has 0 atom stereocenters. The number of anilines is 1. The number of nitriles is 1. The standard InChI is InChI=1S/C21H21N3O3S/c22-15-16-5-3-6-18(13-16)21(25)24-12-4-7-17-14-19(8-9-20(17)24)28(26,27)23-10-1-2-11-23/h3,5-6,8-9,13-14H,1-2,4,7,10-12H2. The van der Waals surface area contributed by atoms with Crippen LogP contribution in [0.15, 0.2) is 47.4 Å². The monoisotopic (exact) mass is 395 g/mol. The molecule has 144 valence electrons. The molecule has 6 nitrogen and oxygen atoms in total. The molecule has 0 aliphatic carbocycles. The Balaban J connectivity index is 1.67. The van der Waals surface area contributed by atoms with E-state index in [0.717, 1.165) is 36.9 Å². The van der Waals surface area contributed by atoms with Crippen molar-refractivity contribution in [3.8, 4) is 6.07 Å². The number of hydrogen-bond donors (Lipinski definition) is 0. The number of carbonyl (C=O) groups is 1. The molecular formula is C21H21N3O3S. The van der Waals surface area contributed by atoms with Gasteiger partial charge >= 0.3 is 0 Å². The summed E-state index contributed by atoms with van der Waals surface area (Å²) in [5.74, 6) is -0.173. The first-order chi connectivity index (χ1) is 13.5. The number of fused-ring (bicyclic) bond motifs is 1. The van der Waals surface area contributed by atoms with Crippen LogP contribution in [0.2, 0.25) is 0 Å². The number of amides is 1. The lowest BCUT2D eigenvalue weighted by Crippen LogP contribution is -2.35. The average Bonchev–Trinajstić information content (AvgIpc) is 3.28. The molecule has 2 aliphatic rings. The molecule has 2 aromatic rings. The first-order valence-electron chi connectivity index (χ1n) is 9.46. The van der Waals surface area contributed by atoms with Crippen LogP contribution in [0.5, 0.6) is 0 Å². The Labute approximate surface area is 165 Å². The maximum Gasteiger partial charge on any atom is 0.258 e. The Hall–Kier alpha value is -2.69. The second kappa shape index (κ2) is 7.38. The number of hydrogen-bond acceptors (Lipinski definition) is 4. The van der Waals surface area contributed by atoms with E-state index in [1.54, 1.807) is 47.4 Å². The van der Waals surface area contributed by atoms with Crippen molar-refractivity contribution in [2.45, 2.75) is 30.6 Å². The maximum atomic E-state index is 13.0. The number of carbonyl (C=O) groups excluding carboxylic acids is 1. The minimum Gasteiger partial charge on any atom is -0.308 e. The lowest BCUT2D eigenvalue weighted by molar-refractivity contribution is 0.0985. The fourth-order valence-corrected chi connectivity index (χ4v) is 5.47. The number of sulfonamides is 1. The zero-order valence-corrected chi connectivity index (χ0v) is 16.3. The summed E-state index contributed by atoms with van der Waals surface area (Å²) < 4.78 is 27.2. The van der Waals surface area contributed by atoms with E-state index in [2.05, 4.69) is 6.07 Å². The van der Waals surface area contributed by atoms with Crippen molar-refractivity contribution in [1.82, 2.24) is 4.31 Å². The molecule has 1 fully saturated rings. The summed E-state index contributed by atoms with van der Waals surface area (Å²) in [5.41, 5.74) is 2.52. The third-order valence-electron chi connectivity index (χ3n) is 5.36. The molecule has 0 aromatic heterocycles. The van der Waals surface area contributed by atoms with Gasteiger partial charge in [0.2, 0.25) is 10.0 Å². The molecule has 4 rings (SSSR count). The highest BCUT2D eigenvalue weighted by molar-refractivity contribution is 7.89. The van der Waals surface area contributed by atoms with Crippen molar-refractivity contribution >= 4 is 21.6 Å². The van der Waals surface area contributed by atoms with E-state index in [0.29, 0.717) is 35.7 Å². The van der Waals surface area contributed by atoms with Crippen molar-refractivity contribution in [3.63, 3.8) is 0 Å². The van der Waals surface area contributed by atoms with Crippen molar-refractivity contribution < 1.29 is 13.2 Å². The van der Waals surface area contributed by atoms with Crippen molar-refractivity contribution in [1.29, 1.82) is 5.26 Å². The van der Waals surface area contributed by atoms with Crippen molar-refractivity contribution in [2.75, 3.05) is 24.5 Å². The lowest BCUT2D eigenvalue weighted by Gasteiger charge is -2.30. The van der Waals surface area contributed by atoms with Crippen LogP contribution in [-0.4, -0.2) is 38.3 Å². The van der Waals surface area contributed by atoms with Crippen LogP contribution in [0, 0.1) is 11.3 Å². The second-order valence-electron chi connectivity index (χ2n) is 7.15. The molecule has 2 heterocycles. The molecule has 7 heteroatoms. The molecule has 28 heavy (non-hydrogen) atoms. The molecule has 2 aliphatic heterocycles. The van der Waals surface area contributed by atoms with Gasteiger partial charge in [-0.2, -0.15) is 9.57 Å². The summed E-state index contributed by atoms with van der Waals surface area (Å²) >= 11 is 0. The van der Waals surface area contributed by atoms with Crippen LogP contribution in [0.25, 0.3) is 0 Å². The predicted molar refractivity (Wildman–Crippen MR) is 106 cm³/mol. The van der Waals surface area contributed by atoms with Crippen LogP contribution in [0.1, 0.15) is 40.7 Å². The summed E-state index contributed by atoms with van der Waals surface area (Å²) in [6.45, 7) is 1.71. The first kappa shape index (κ1) is 18.7. The minimum atomic E-state index is -3.48. The number of nitrogens with zero attached hydrogens (tertiary/aromatic N) is 3. The van der Waals surface area contributed by atoms with Gasteiger partial charge in [0.25, 0.3) is 5.91 Å². The maximum absolute atomic E-state index is 13.0. The number of benzene rings is 2. The van der Waals surface area contributed by atoms with E-state index in [4.69, 9.17) is 5.26 Å². The van der Waals surface area contributed by atoms with E-state index in [9.17, 15) is 13.2 Å². The third-order valence-corrected chi connectivity index (χ3v) is 7.25. The van der Waals surface area contributed by atoms with E-state index in [1.165, 1.54) is 4.31 Å². The quantitative estimate of drug-likeness (QED) is 0.800. The van der Waals surface area contributed by atoms with E-state index in [-0.39, 0.29) is 5.91 Å². The number of rotatable bonds is 3. The van der Waals surface area contributed by atoms with Gasteiger partial charge in [0.05, 0.1) is 16.5 Å². The highest BCUT2D eigenvalue weighted by Crippen LogP contribution is 2.32. The average molecular weight is 395 g/mol. The molecule has 0 bridgehead atoms. The van der Waals surface area contributed by atoms with Crippen LogP contribution in [-0.2, 0) is 16.4 Å². The molecule has 1 amide bonds.